The van der Waals surface area contributed by atoms with E-state index in [9.17, 15) is 0 Å². The van der Waals surface area contributed by atoms with Gasteiger partial charge in [0.15, 0.2) is 5.79 Å². The van der Waals surface area contributed by atoms with Gasteiger partial charge in [0.05, 0.1) is 13.2 Å². The van der Waals surface area contributed by atoms with Crippen molar-refractivity contribution in [1.82, 2.24) is 4.90 Å². The maximum Gasteiger partial charge on any atom is 0.166 e. The molecule has 2 aliphatic rings. The molecule has 0 aromatic carbocycles. The third-order valence-corrected chi connectivity index (χ3v) is 3.40. The maximum atomic E-state index is 5.63. The van der Waals surface area contributed by atoms with E-state index < -0.39 is 0 Å². The number of nitrogens with zero attached hydrogens (tertiary/aromatic N) is 1. The van der Waals surface area contributed by atoms with Gasteiger partial charge in [0.25, 0.3) is 0 Å². The van der Waals surface area contributed by atoms with Gasteiger partial charge in [0, 0.05) is 6.42 Å². The zero-order valence-electron chi connectivity index (χ0n) is 9.29. The molecular weight excluding hydrogens is 178 g/mol. The average molecular weight is 199 g/mol. The minimum atomic E-state index is -0.277. The number of likely N-dealkylation sites (tertiary alicyclic amines) is 1. The van der Waals surface area contributed by atoms with Crippen molar-refractivity contribution in [2.75, 3.05) is 33.4 Å². The van der Waals surface area contributed by atoms with Gasteiger partial charge < -0.3 is 14.4 Å². The molecule has 3 heteroatoms. The van der Waals surface area contributed by atoms with Crippen molar-refractivity contribution in [2.45, 2.75) is 32.0 Å². The molecule has 82 valence electrons. The molecule has 2 saturated heterocycles. The molecule has 2 aliphatic heterocycles. The second-order valence-corrected chi connectivity index (χ2v) is 4.78. The average Bonchev–Trinajstić information content (AvgIpc) is 2.57. The predicted octanol–water partition coefficient (Wildman–Crippen LogP) is 1.48. The Hall–Kier alpha value is -0.120. The molecule has 2 rings (SSSR count). The summed E-state index contributed by atoms with van der Waals surface area (Å²) in [6.45, 7) is 6.06. The van der Waals surface area contributed by atoms with Gasteiger partial charge in [0.2, 0.25) is 0 Å². The lowest BCUT2D eigenvalue weighted by atomic mass is 9.90. The molecule has 0 amide bonds. The van der Waals surface area contributed by atoms with E-state index in [1.165, 1.54) is 25.9 Å². The summed E-state index contributed by atoms with van der Waals surface area (Å²) in [5.74, 6) is 0.509. The highest BCUT2D eigenvalue weighted by atomic mass is 16.7. The fraction of sp³-hybridized carbons (Fsp3) is 1.00. The smallest absolute Gasteiger partial charge is 0.166 e. The minimum Gasteiger partial charge on any atom is -0.348 e. The third-order valence-electron chi connectivity index (χ3n) is 3.40. The molecule has 0 bridgehead atoms. The van der Waals surface area contributed by atoms with Gasteiger partial charge in [-0.3, -0.25) is 0 Å². The van der Waals surface area contributed by atoms with E-state index in [0.29, 0.717) is 0 Å². The van der Waals surface area contributed by atoms with E-state index in [2.05, 4.69) is 18.9 Å². The number of piperidine rings is 1. The second-order valence-electron chi connectivity index (χ2n) is 4.78. The van der Waals surface area contributed by atoms with Crippen LogP contribution in [0.5, 0.6) is 0 Å². The van der Waals surface area contributed by atoms with E-state index in [1.54, 1.807) is 0 Å². The molecule has 0 radical (unpaired) electrons. The molecule has 0 unspecified atom stereocenters. The largest absolute Gasteiger partial charge is 0.348 e. The standard InChI is InChI=1S/C11H21NO2/c1-11(13-7-8-14-11)9-10-3-5-12(2)6-4-10/h10H,3-9H2,1-2H3. The molecule has 0 aromatic rings. The van der Waals surface area contributed by atoms with Crippen LogP contribution in [0, 0.1) is 5.92 Å². The van der Waals surface area contributed by atoms with Crippen LogP contribution in [0.3, 0.4) is 0 Å². The van der Waals surface area contributed by atoms with Crippen LogP contribution < -0.4 is 0 Å². The Balaban J connectivity index is 1.79. The van der Waals surface area contributed by atoms with Gasteiger partial charge in [-0.25, -0.2) is 0 Å². The van der Waals surface area contributed by atoms with Crippen molar-refractivity contribution >= 4 is 0 Å². The van der Waals surface area contributed by atoms with Crippen molar-refractivity contribution in [1.29, 1.82) is 0 Å². The summed E-state index contributed by atoms with van der Waals surface area (Å²) in [5, 5.41) is 0. The van der Waals surface area contributed by atoms with Crippen molar-refractivity contribution in [2.24, 2.45) is 5.92 Å². The van der Waals surface area contributed by atoms with Crippen molar-refractivity contribution in [3.8, 4) is 0 Å². The van der Waals surface area contributed by atoms with E-state index >= 15 is 0 Å². The molecule has 0 aliphatic carbocycles. The van der Waals surface area contributed by atoms with Crippen LogP contribution in [0.1, 0.15) is 26.2 Å². The molecule has 2 fully saturated rings. The molecule has 0 spiro atoms. The summed E-state index contributed by atoms with van der Waals surface area (Å²) >= 11 is 0. The number of hydrogen-bond donors (Lipinski definition) is 0. The van der Waals surface area contributed by atoms with Gasteiger partial charge in [-0.05, 0) is 45.8 Å². The summed E-state index contributed by atoms with van der Waals surface area (Å²) in [7, 11) is 2.19. The van der Waals surface area contributed by atoms with Gasteiger partial charge >= 0.3 is 0 Å². The molecule has 0 N–H and O–H groups in total. The Morgan fingerprint density at radius 1 is 1.21 bits per heavy atom. The summed E-state index contributed by atoms with van der Waals surface area (Å²) in [4.78, 5) is 2.40. The van der Waals surface area contributed by atoms with Crippen LogP contribution >= 0.6 is 0 Å². The van der Waals surface area contributed by atoms with E-state index in [0.717, 1.165) is 25.6 Å². The summed E-state index contributed by atoms with van der Waals surface area (Å²) in [6.07, 6.45) is 3.65. The predicted molar refractivity (Wildman–Crippen MR) is 55.1 cm³/mol. The highest BCUT2D eigenvalue weighted by molar-refractivity contribution is 4.77. The van der Waals surface area contributed by atoms with Crippen LogP contribution in [-0.2, 0) is 9.47 Å². The van der Waals surface area contributed by atoms with Gasteiger partial charge in [-0.1, -0.05) is 0 Å². The zero-order valence-corrected chi connectivity index (χ0v) is 9.29. The molecule has 0 atom stereocenters. The third kappa shape index (κ3) is 2.47. The normalized spacial score (nSPS) is 29.6. The van der Waals surface area contributed by atoms with E-state index in [1.807, 2.05) is 0 Å². The van der Waals surface area contributed by atoms with Crippen molar-refractivity contribution in [3.05, 3.63) is 0 Å². The lowest BCUT2D eigenvalue weighted by molar-refractivity contribution is -0.157. The molecule has 14 heavy (non-hydrogen) atoms. The zero-order chi connectivity index (χ0) is 10.0. The molecule has 0 saturated carbocycles. The number of hydrogen-bond acceptors (Lipinski definition) is 3. The molecular formula is C11H21NO2. The molecule has 2 heterocycles. The molecule has 3 nitrogen and oxygen atoms in total. The van der Waals surface area contributed by atoms with Crippen LogP contribution in [0.4, 0.5) is 0 Å². The second kappa shape index (κ2) is 4.17. The highest BCUT2D eigenvalue weighted by Crippen LogP contribution is 2.31. The first kappa shape index (κ1) is 10.4. The van der Waals surface area contributed by atoms with E-state index in [-0.39, 0.29) is 5.79 Å². The fourth-order valence-corrected chi connectivity index (χ4v) is 2.47. The minimum absolute atomic E-state index is 0.277. The van der Waals surface area contributed by atoms with E-state index in [4.69, 9.17) is 9.47 Å². The Labute approximate surface area is 86.4 Å². The first-order valence-corrected chi connectivity index (χ1v) is 5.64. The van der Waals surface area contributed by atoms with Crippen LogP contribution in [0.15, 0.2) is 0 Å². The van der Waals surface area contributed by atoms with Crippen LogP contribution in [0.2, 0.25) is 0 Å². The van der Waals surface area contributed by atoms with Crippen LogP contribution in [-0.4, -0.2) is 44.0 Å². The summed E-state index contributed by atoms with van der Waals surface area (Å²) in [5.41, 5.74) is 0. The Kier molecular flexibility index (Phi) is 3.10. The van der Waals surface area contributed by atoms with Gasteiger partial charge in [-0.2, -0.15) is 0 Å². The first-order valence-electron chi connectivity index (χ1n) is 5.64. The Bertz CT molecular complexity index is 182. The fourth-order valence-electron chi connectivity index (χ4n) is 2.47. The molecule has 0 aromatic heterocycles. The van der Waals surface area contributed by atoms with Crippen LogP contribution in [0.25, 0.3) is 0 Å². The monoisotopic (exact) mass is 199 g/mol. The Morgan fingerprint density at radius 3 is 2.36 bits per heavy atom. The summed E-state index contributed by atoms with van der Waals surface area (Å²) in [6, 6.07) is 0. The van der Waals surface area contributed by atoms with Gasteiger partial charge in [-0.15, -0.1) is 0 Å². The lowest BCUT2D eigenvalue weighted by Crippen LogP contribution is -2.35. The maximum absolute atomic E-state index is 5.63. The summed E-state index contributed by atoms with van der Waals surface area (Å²) < 4.78 is 11.3. The number of rotatable bonds is 2. The SMILES string of the molecule is CN1CCC(CC2(C)OCCO2)CC1. The first-order chi connectivity index (χ1) is 6.68. The quantitative estimate of drug-likeness (QED) is 0.672. The topological polar surface area (TPSA) is 21.7 Å². The van der Waals surface area contributed by atoms with Crippen molar-refractivity contribution < 1.29 is 9.47 Å². The van der Waals surface area contributed by atoms with Crippen molar-refractivity contribution in [3.63, 3.8) is 0 Å². The van der Waals surface area contributed by atoms with Gasteiger partial charge in [0.1, 0.15) is 0 Å². The lowest BCUT2D eigenvalue weighted by Gasteiger charge is -2.33. The number of ether oxygens (including phenoxy) is 2. The highest BCUT2D eigenvalue weighted by Gasteiger charge is 2.34. The Morgan fingerprint density at radius 2 is 1.79 bits per heavy atom.